The summed E-state index contributed by atoms with van der Waals surface area (Å²) in [5, 5.41) is 9.11. The number of methoxy groups -OCH3 is 1. The van der Waals surface area contributed by atoms with Gasteiger partial charge in [0.05, 0.1) is 5.92 Å². The summed E-state index contributed by atoms with van der Waals surface area (Å²) in [6, 6.07) is 2.59. The second-order valence-corrected chi connectivity index (χ2v) is 11.2. The molecule has 0 aromatic rings. The number of unbranched alkanes of at least 4 members (excludes halogenated alkanes) is 2. The number of rotatable bonds is 8. The fourth-order valence-electron chi connectivity index (χ4n) is 4.64. The first-order valence-corrected chi connectivity index (χ1v) is 11.7. The van der Waals surface area contributed by atoms with Crippen LogP contribution in [0.1, 0.15) is 64.2 Å². The molecule has 0 unspecified atom stereocenters. The average molecular weight is 327 g/mol. The Morgan fingerprint density at radius 1 is 1.05 bits per heavy atom. The molecule has 4 heteroatoms. The van der Waals surface area contributed by atoms with E-state index in [1.807, 2.05) is 0 Å². The van der Waals surface area contributed by atoms with E-state index in [1.54, 1.807) is 7.11 Å². The molecule has 1 aliphatic heterocycles. The summed E-state index contributed by atoms with van der Waals surface area (Å²) in [7, 11) is 1.15. The summed E-state index contributed by atoms with van der Waals surface area (Å²) in [6.07, 6.45) is 13.1. The van der Waals surface area contributed by atoms with Crippen LogP contribution >= 0.6 is 0 Å². The van der Waals surface area contributed by atoms with Crippen molar-refractivity contribution < 1.29 is 14.6 Å². The molecular formula is C18H34O3Si. The molecule has 0 spiro atoms. The van der Waals surface area contributed by atoms with Gasteiger partial charge in [0, 0.05) is 22.5 Å². The topological polar surface area (TPSA) is 46.5 Å². The Morgan fingerprint density at radius 2 is 1.73 bits per heavy atom. The van der Waals surface area contributed by atoms with Crippen LogP contribution < -0.4 is 0 Å². The zero-order valence-corrected chi connectivity index (χ0v) is 15.4. The van der Waals surface area contributed by atoms with Crippen molar-refractivity contribution in [3.8, 4) is 0 Å². The van der Waals surface area contributed by atoms with Crippen molar-refractivity contribution in [1.29, 1.82) is 0 Å². The minimum Gasteiger partial charge on any atom is -0.481 e. The van der Waals surface area contributed by atoms with E-state index in [2.05, 4.69) is 0 Å². The molecule has 0 radical (unpaired) electrons. The predicted octanol–water partition coefficient (Wildman–Crippen LogP) is 4.48. The lowest BCUT2D eigenvalue weighted by atomic mass is 9.85. The van der Waals surface area contributed by atoms with Crippen LogP contribution in [0.25, 0.3) is 0 Å². The Labute approximate surface area is 137 Å². The Kier molecular flexibility index (Phi) is 7.94. The van der Waals surface area contributed by atoms with Crippen LogP contribution in [0.5, 0.6) is 0 Å². The van der Waals surface area contributed by atoms with Crippen LogP contribution in [0, 0.1) is 11.8 Å². The molecule has 0 amide bonds. The third-order valence-corrected chi connectivity index (χ3v) is 10.3. The van der Waals surface area contributed by atoms with E-state index in [0.717, 1.165) is 30.9 Å². The van der Waals surface area contributed by atoms with Gasteiger partial charge in [-0.1, -0.05) is 57.0 Å². The zero-order chi connectivity index (χ0) is 15.8. The van der Waals surface area contributed by atoms with Gasteiger partial charge in [0.15, 0.2) is 0 Å². The molecule has 2 aliphatic rings. The number of aliphatic carboxylic acids is 1. The van der Waals surface area contributed by atoms with E-state index >= 15 is 0 Å². The fraction of sp³-hybridized carbons (Fsp3) is 0.944. The second kappa shape index (κ2) is 9.71. The normalized spacial score (nSPS) is 32.8. The van der Waals surface area contributed by atoms with Gasteiger partial charge in [0.25, 0.3) is 0 Å². The molecule has 1 saturated heterocycles. The van der Waals surface area contributed by atoms with Crippen molar-refractivity contribution in [1.82, 2.24) is 0 Å². The highest BCUT2D eigenvalue weighted by atomic mass is 28.3. The fourth-order valence-corrected chi connectivity index (χ4v) is 8.86. The number of carboxylic acids is 1. The van der Waals surface area contributed by atoms with Gasteiger partial charge in [-0.25, -0.2) is 0 Å². The molecule has 2 fully saturated rings. The van der Waals surface area contributed by atoms with E-state index in [1.165, 1.54) is 63.5 Å². The van der Waals surface area contributed by atoms with Crippen molar-refractivity contribution >= 4 is 14.8 Å². The Hall–Kier alpha value is -0.353. The summed E-state index contributed by atoms with van der Waals surface area (Å²) >= 11 is 0. The molecule has 128 valence electrons. The lowest BCUT2D eigenvalue weighted by Crippen LogP contribution is -2.31. The van der Waals surface area contributed by atoms with Crippen LogP contribution in [-0.2, 0) is 9.53 Å². The zero-order valence-electron chi connectivity index (χ0n) is 14.3. The molecule has 0 atom stereocenters. The minimum atomic E-state index is -0.637. The first-order valence-electron chi connectivity index (χ1n) is 9.42. The van der Waals surface area contributed by atoms with Gasteiger partial charge in [0.1, 0.15) is 0 Å². The maximum atomic E-state index is 11.1. The number of hydrogen-bond acceptors (Lipinski definition) is 2. The highest BCUT2D eigenvalue weighted by Gasteiger charge is 2.33. The molecule has 0 aromatic heterocycles. The Bertz CT molecular complexity index is 318. The molecule has 1 N–H and O–H groups in total. The lowest BCUT2D eigenvalue weighted by Gasteiger charge is -2.36. The molecule has 22 heavy (non-hydrogen) atoms. The molecule has 2 rings (SSSR count). The van der Waals surface area contributed by atoms with E-state index in [0.29, 0.717) is 0 Å². The van der Waals surface area contributed by atoms with Crippen molar-refractivity contribution in [2.75, 3.05) is 13.7 Å². The quantitative estimate of drug-likeness (QED) is 0.528. The summed E-state index contributed by atoms with van der Waals surface area (Å²) in [5.74, 6) is 0.403. The van der Waals surface area contributed by atoms with E-state index in [4.69, 9.17) is 9.84 Å². The summed E-state index contributed by atoms with van der Waals surface area (Å²) < 4.78 is 5.11. The standard InChI is InChI=1S/C18H34O3Si/c1-21-12-4-2-3-5-15-6-8-17(9-7-15)22-13-10-16(11-14-22)18(19)20/h15-17,22H,2-14H2,1H3,(H,19,20)/t15?,16-,17?,22-. The first-order chi connectivity index (χ1) is 10.7. The molecule has 1 saturated carbocycles. The van der Waals surface area contributed by atoms with Crippen LogP contribution in [0.4, 0.5) is 0 Å². The number of carbonyl (C=O) groups is 1. The molecule has 0 aromatic carbocycles. The van der Waals surface area contributed by atoms with Crippen LogP contribution in [-0.4, -0.2) is 33.6 Å². The van der Waals surface area contributed by atoms with E-state index < -0.39 is 14.8 Å². The molecule has 1 heterocycles. The lowest BCUT2D eigenvalue weighted by molar-refractivity contribution is -0.142. The van der Waals surface area contributed by atoms with E-state index in [9.17, 15) is 4.79 Å². The van der Waals surface area contributed by atoms with Crippen LogP contribution in [0.15, 0.2) is 0 Å². The maximum absolute atomic E-state index is 11.1. The van der Waals surface area contributed by atoms with Gasteiger partial charge in [-0.15, -0.1) is 0 Å². The highest BCUT2D eigenvalue weighted by molar-refractivity contribution is 6.60. The summed E-state index contributed by atoms with van der Waals surface area (Å²) in [4.78, 5) is 11.1. The number of hydrogen-bond donors (Lipinski definition) is 1. The Morgan fingerprint density at radius 3 is 2.32 bits per heavy atom. The average Bonchev–Trinajstić information content (AvgIpc) is 2.55. The van der Waals surface area contributed by atoms with Gasteiger partial charge in [-0.05, 0) is 30.7 Å². The number of ether oxygens (including phenoxy) is 1. The monoisotopic (exact) mass is 326 g/mol. The molecule has 3 nitrogen and oxygen atoms in total. The van der Waals surface area contributed by atoms with Crippen molar-refractivity contribution in [2.24, 2.45) is 11.8 Å². The van der Waals surface area contributed by atoms with E-state index in [-0.39, 0.29) is 5.92 Å². The maximum Gasteiger partial charge on any atom is 0.306 e. The molecular weight excluding hydrogens is 292 g/mol. The van der Waals surface area contributed by atoms with Crippen molar-refractivity contribution in [3.63, 3.8) is 0 Å². The molecule has 1 aliphatic carbocycles. The van der Waals surface area contributed by atoms with Gasteiger partial charge >= 0.3 is 5.97 Å². The number of carboxylic acid groups (broad SMARTS) is 1. The minimum absolute atomic E-state index is 0.0211. The van der Waals surface area contributed by atoms with Crippen molar-refractivity contribution in [3.05, 3.63) is 0 Å². The summed E-state index contributed by atoms with van der Waals surface area (Å²) in [6.45, 7) is 0.914. The third-order valence-electron chi connectivity index (χ3n) is 6.14. The smallest absolute Gasteiger partial charge is 0.306 e. The largest absolute Gasteiger partial charge is 0.481 e. The van der Waals surface area contributed by atoms with Gasteiger partial charge in [-0.2, -0.15) is 0 Å². The highest BCUT2D eigenvalue weighted by Crippen LogP contribution is 2.42. The second-order valence-electron chi connectivity index (χ2n) is 7.57. The van der Waals surface area contributed by atoms with Gasteiger partial charge in [0.2, 0.25) is 0 Å². The van der Waals surface area contributed by atoms with Crippen LogP contribution in [0.3, 0.4) is 0 Å². The molecule has 0 bridgehead atoms. The predicted molar refractivity (Wildman–Crippen MR) is 93.2 cm³/mol. The SMILES string of the molecule is COCCCCCC1CCC([Si@H]2CC[C@H](C(=O)O)CC2)CC1. The summed E-state index contributed by atoms with van der Waals surface area (Å²) in [5.41, 5.74) is 1.03. The van der Waals surface area contributed by atoms with Crippen molar-refractivity contribution in [2.45, 2.75) is 81.8 Å². The third kappa shape index (κ3) is 5.69. The first kappa shape index (κ1) is 18.0. The van der Waals surface area contributed by atoms with Gasteiger partial charge < -0.3 is 9.84 Å². The Balaban J connectivity index is 1.58. The van der Waals surface area contributed by atoms with Gasteiger partial charge in [-0.3, -0.25) is 4.79 Å². The van der Waals surface area contributed by atoms with Crippen LogP contribution in [0.2, 0.25) is 17.6 Å².